The Morgan fingerprint density at radius 2 is 1.75 bits per heavy atom. The van der Waals surface area contributed by atoms with Gasteiger partial charge in [-0.05, 0) is 62.8 Å². The second-order valence-electron chi connectivity index (χ2n) is 9.30. The van der Waals surface area contributed by atoms with Crippen molar-refractivity contribution in [1.82, 2.24) is 14.5 Å². The van der Waals surface area contributed by atoms with Gasteiger partial charge in [-0.1, -0.05) is 19.3 Å². The summed E-state index contributed by atoms with van der Waals surface area (Å²) < 4.78 is 28.1. The van der Waals surface area contributed by atoms with Crippen molar-refractivity contribution >= 4 is 9.84 Å². The van der Waals surface area contributed by atoms with Gasteiger partial charge < -0.3 is 9.67 Å². The number of aromatic nitrogens is 2. The van der Waals surface area contributed by atoms with E-state index in [9.17, 15) is 13.5 Å². The third-order valence-corrected chi connectivity index (χ3v) is 8.54. The van der Waals surface area contributed by atoms with Gasteiger partial charge in [-0.2, -0.15) is 0 Å². The highest BCUT2D eigenvalue weighted by Gasteiger charge is 2.33. The van der Waals surface area contributed by atoms with Crippen molar-refractivity contribution < 1.29 is 13.5 Å². The van der Waals surface area contributed by atoms with E-state index >= 15 is 0 Å². The standard InChI is InChI=1S/C21H35N3O3S/c25-15-19-7-4-10-23(12-19)14-20-11-22-21(28(26,27)16-18-8-9-18)24(20)13-17-5-2-1-3-6-17/h11,17-19,25H,1-10,12-16H2. The van der Waals surface area contributed by atoms with E-state index in [-0.39, 0.29) is 12.4 Å². The molecule has 1 aromatic rings. The van der Waals surface area contributed by atoms with Crippen molar-refractivity contribution in [3.05, 3.63) is 11.9 Å². The van der Waals surface area contributed by atoms with Gasteiger partial charge in [0.2, 0.25) is 15.0 Å². The predicted molar refractivity (Wildman–Crippen MR) is 109 cm³/mol. The summed E-state index contributed by atoms with van der Waals surface area (Å²) in [4.78, 5) is 6.79. The molecule has 2 heterocycles. The van der Waals surface area contributed by atoms with Crippen LogP contribution in [0.25, 0.3) is 0 Å². The molecule has 2 aliphatic carbocycles. The van der Waals surface area contributed by atoms with Gasteiger partial charge in [0.05, 0.1) is 17.6 Å². The molecule has 1 N–H and O–H groups in total. The Morgan fingerprint density at radius 3 is 2.46 bits per heavy atom. The Bertz CT molecular complexity index is 751. The van der Waals surface area contributed by atoms with Crippen LogP contribution >= 0.6 is 0 Å². The Kier molecular flexibility index (Phi) is 6.43. The number of rotatable bonds is 8. The minimum atomic E-state index is -3.32. The summed E-state index contributed by atoms with van der Waals surface area (Å²) >= 11 is 0. The molecule has 4 rings (SSSR count). The molecule has 1 aliphatic heterocycles. The molecule has 3 aliphatic rings. The molecule has 1 saturated heterocycles. The SMILES string of the molecule is O=S(=O)(CC1CC1)c1ncc(CN2CCCC(CO)C2)n1CC1CCCCC1. The number of piperidine rings is 1. The van der Waals surface area contributed by atoms with Gasteiger partial charge in [0.1, 0.15) is 0 Å². The van der Waals surface area contributed by atoms with Gasteiger partial charge in [-0.25, -0.2) is 13.4 Å². The van der Waals surface area contributed by atoms with Gasteiger partial charge in [0.25, 0.3) is 0 Å². The summed E-state index contributed by atoms with van der Waals surface area (Å²) in [6.07, 6.45) is 12.2. The highest BCUT2D eigenvalue weighted by molar-refractivity contribution is 7.91. The lowest BCUT2D eigenvalue weighted by molar-refractivity contribution is 0.113. The fourth-order valence-electron chi connectivity index (χ4n) is 4.93. The number of aliphatic hydroxyl groups is 1. The number of imidazole rings is 1. The summed E-state index contributed by atoms with van der Waals surface area (Å²) in [5, 5.41) is 9.82. The van der Waals surface area contributed by atoms with Crippen molar-refractivity contribution in [1.29, 1.82) is 0 Å². The minimum Gasteiger partial charge on any atom is -0.396 e. The van der Waals surface area contributed by atoms with Crippen LogP contribution in [0.1, 0.15) is 63.5 Å². The largest absolute Gasteiger partial charge is 0.396 e. The fourth-order valence-corrected chi connectivity index (χ4v) is 6.78. The average Bonchev–Trinajstić information content (AvgIpc) is 3.41. The van der Waals surface area contributed by atoms with Gasteiger partial charge >= 0.3 is 0 Å². The summed E-state index contributed by atoms with van der Waals surface area (Å²) in [5.41, 5.74) is 1.03. The van der Waals surface area contributed by atoms with Gasteiger partial charge in [0.15, 0.2) is 0 Å². The molecule has 0 spiro atoms. The number of hydrogen-bond donors (Lipinski definition) is 1. The number of hydrogen-bond acceptors (Lipinski definition) is 5. The highest BCUT2D eigenvalue weighted by atomic mass is 32.2. The monoisotopic (exact) mass is 409 g/mol. The molecule has 1 aromatic heterocycles. The number of likely N-dealkylation sites (tertiary alicyclic amines) is 1. The maximum absolute atomic E-state index is 13.0. The van der Waals surface area contributed by atoms with Crippen LogP contribution in [0.5, 0.6) is 0 Å². The molecule has 1 atom stereocenters. The molecule has 0 amide bonds. The van der Waals surface area contributed by atoms with E-state index in [1.807, 2.05) is 4.57 Å². The minimum absolute atomic E-state index is 0.235. The van der Waals surface area contributed by atoms with E-state index in [4.69, 9.17) is 0 Å². The number of aliphatic hydroxyl groups excluding tert-OH is 1. The van der Waals surface area contributed by atoms with Crippen LogP contribution in [0.4, 0.5) is 0 Å². The predicted octanol–water partition coefficient (Wildman–Crippen LogP) is 2.85. The molecule has 2 saturated carbocycles. The lowest BCUT2D eigenvalue weighted by Crippen LogP contribution is -2.37. The van der Waals surface area contributed by atoms with Crippen molar-refractivity contribution in [2.45, 2.75) is 76.0 Å². The summed E-state index contributed by atoms with van der Waals surface area (Å²) in [6, 6.07) is 0. The lowest BCUT2D eigenvalue weighted by Gasteiger charge is -2.32. The van der Waals surface area contributed by atoms with Crippen LogP contribution in [0.3, 0.4) is 0 Å². The van der Waals surface area contributed by atoms with Crippen LogP contribution < -0.4 is 0 Å². The molecule has 1 unspecified atom stereocenters. The third-order valence-electron chi connectivity index (χ3n) is 6.74. The lowest BCUT2D eigenvalue weighted by atomic mass is 9.89. The van der Waals surface area contributed by atoms with Gasteiger partial charge in [-0.3, -0.25) is 4.90 Å². The maximum Gasteiger partial charge on any atom is 0.227 e. The second-order valence-corrected chi connectivity index (χ2v) is 11.2. The molecule has 3 fully saturated rings. The zero-order valence-electron chi connectivity index (χ0n) is 16.9. The quantitative estimate of drug-likeness (QED) is 0.714. The maximum atomic E-state index is 13.0. The molecule has 28 heavy (non-hydrogen) atoms. The first-order chi connectivity index (χ1) is 13.5. The van der Waals surface area contributed by atoms with Gasteiger partial charge in [0, 0.05) is 26.2 Å². The second kappa shape index (κ2) is 8.84. The molecular formula is C21H35N3O3S. The van der Waals surface area contributed by atoms with Gasteiger partial charge in [-0.15, -0.1) is 0 Å². The zero-order valence-corrected chi connectivity index (χ0v) is 17.7. The van der Waals surface area contributed by atoms with Crippen LogP contribution in [0, 0.1) is 17.8 Å². The summed E-state index contributed by atoms with van der Waals surface area (Å²) in [5.74, 6) is 1.48. The van der Waals surface area contributed by atoms with Crippen molar-refractivity contribution in [3.8, 4) is 0 Å². The van der Waals surface area contributed by atoms with Crippen LogP contribution in [-0.2, 0) is 22.9 Å². The first-order valence-electron chi connectivity index (χ1n) is 11.2. The highest BCUT2D eigenvalue weighted by Crippen LogP contribution is 2.33. The Morgan fingerprint density at radius 1 is 1.00 bits per heavy atom. The van der Waals surface area contributed by atoms with Crippen molar-refractivity contribution in [2.75, 3.05) is 25.4 Å². The Labute approximate surface area is 169 Å². The van der Waals surface area contributed by atoms with Crippen LogP contribution in [-0.4, -0.2) is 53.4 Å². The normalized spacial score (nSPS) is 25.2. The Balaban J connectivity index is 1.55. The fraction of sp³-hybridized carbons (Fsp3) is 0.857. The number of nitrogens with zero attached hydrogens (tertiary/aromatic N) is 3. The summed E-state index contributed by atoms with van der Waals surface area (Å²) in [7, 11) is -3.32. The first kappa shape index (κ1) is 20.4. The van der Waals surface area contributed by atoms with E-state index < -0.39 is 9.84 Å². The number of sulfone groups is 1. The molecular weight excluding hydrogens is 374 g/mol. The summed E-state index contributed by atoms with van der Waals surface area (Å²) in [6.45, 7) is 3.64. The van der Waals surface area contributed by atoms with Crippen molar-refractivity contribution in [2.24, 2.45) is 17.8 Å². The molecule has 0 radical (unpaired) electrons. The molecule has 6 nitrogen and oxygen atoms in total. The smallest absolute Gasteiger partial charge is 0.227 e. The Hall–Kier alpha value is -0.920. The molecule has 7 heteroatoms. The van der Waals surface area contributed by atoms with E-state index in [2.05, 4.69) is 9.88 Å². The average molecular weight is 410 g/mol. The van der Waals surface area contributed by atoms with E-state index in [0.717, 1.165) is 57.6 Å². The van der Waals surface area contributed by atoms with Crippen molar-refractivity contribution in [3.63, 3.8) is 0 Å². The zero-order chi connectivity index (χ0) is 19.6. The van der Waals surface area contributed by atoms with E-state index in [1.54, 1.807) is 6.20 Å². The van der Waals surface area contributed by atoms with E-state index in [1.165, 1.54) is 32.1 Å². The van der Waals surface area contributed by atoms with Crippen LogP contribution in [0.2, 0.25) is 0 Å². The topological polar surface area (TPSA) is 75.4 Å². The molecule has 158 valence electrons. The van der Waals surface area contributed by atoms with E-state index in [0.29, 0.717) is 22.9 Å². The van der Waals surface area contributed by atoms with Crippen LogP contribution in [0.15, 0.2) is 11.4 Å². The third kappa shape index (κ3) is 4.97. The first-order valence-corrected chi connectivity index (χ1v) is 12.8. The molecule has 0 aromatic carbocycles. The molecule has 0 bridgehead atoms.